The third kappa shape index (κ3) is 113. The van der Waals surface area contributed by atoms with Crippen molar-refractivity contribution in [2.24, 2.45) is 39.9 Å². The zero-order valence-electron chi connectivity index (χ0n) is 62.9. The highest BCUT2D eigenvalue weighted by atomic mass is 35.5. The molecule has 532 valence electrons. The Morgan fingerprint density at radius 1 is 0.604 bits per heavy atom. The molecular weight excluding hydrogens is 1220 g/mol. The fourth-order valence-corrected chi connectivity index (χ4v) is 4.80. The van der Waals surface area contributed by atoms with E-state index in [0.717, 1.165) is 22.9 Å². The number of terminal acetylenes is 1. The number of ketones is 5. The average Bonchev–Trinajstić information content (AvgIpc) is 3.47. The van der Waals surface area contributed by atoms with Gasteiger partial charge in [0.25, 0.3) is 0 Å². The molecule has 0 radical (unpaired) electrons. The summed E-state index contributed by atoms with van der Waals surface area (Å²) in [6.45, 7) is 73.2. The fourth-order valence-electron chi connectivity index (χ4n) is 3.17. The standard InChI is InChI=1S/C10H20N2O.C9H16O.C7H13NO.C6H13NO2S.C6H9NO.C6H10O.C6H12.C6H10.C5H9ClO.C5H9FO.C5H10O2S/c1-10(2,3)11-9(13)7-6-8-12(4)5;1-7(2)6-8(10)9(3,4)5;1-5-6(9)8-7(2,3)4;1-5-10(8,9)7-6(2,3)4;1-5(2)6(8)3-4-7;1-4-6(7)5(2)3;2*1-5-6(2,3)4;2*1-4(2)5(7)3-6;1-4-8(6,7)5(2)3/h6-7H,8H2,1-5H3,(H,11,13);6H,1-5H3;5H,1H2,2-4H3,(H,8,9);5,7H,1H2,2-4H3;5H,3H2,1-2H3;4-5H,1H2,2-3H3;5H,1H2,2-4H3;1H,2-4H3;2*4H,3H2,1-2H3;4-5H,1H2,2-3H3/b7-6+;;;;;;;;;;. The van der Waals surface area contributed by atoms with E-state index in [1.165, 1.54) is 12.2 Å². The number of nitrogens with zero attached hydrogens (tertiary/aromatic N) is 2. The lowest BCUT2D eigenvalue weighted by molar-refractivity contribution is -0.123. The van der Waals surface area contributed by atoms with E-state index in [9.17, 15) is 54.8 Å². The Labute approximate surface area is 562 Å². The summed E-state index contributed by atoms with van der Waals surface area (Å²) in [6.07, 6.45) is 14.8. The number of carbonyl (C=O) groups is 7. The van der Waals surface area contributed by atoms with Crippen molar-refractivity contribution in [3.63, 3.8) is 0 Å². The summed E-state index contributed by atoms with van der Waals surface area (Å²) in [7, 11) is -2.31. The predicted octanol–water partition coefficient (Wildman–Crippen LogP) is 15.5. The van der Waals surface area contributed by atoms with Crippen LogP contribution in [0.5, 0.6) is 0 Å². The number of nitrogens with one attached hydrogen (secondary N) is 3. The number of carbonyl (C=O) groups excluding carboxylic acids is 7. The van der Waals surface area contributed by atoms with Gasteiger partial charge < -0.3 is 15.5 Å². The maximum Gasteiger partial charge on any atom is 0.244 e. The van der Waals surface area contributed by atoms with Crippen LogP contribution >= 0.6 is 11.6 Å². The zero-order chi connectivity index (χ0) is 76.1. The second-order valence-electron chi connectivity index (χ2n) is 28.2. The molecule has 0 aromatic rings. The molecule has 0 rings (SSSR count). The van der Waals surface area contributed by atoms with Gasteiger partial charge in [-0.25, -0.2) is 25.9 Å². The van der Waals surface area contributed by atoms with E-state index in [1.807, 2.05) is 156 Å². The van der Waals surface area contributed by atoms with E-state index in [0.29, 0.717) is 5.41 Å². The summed E-state index contributed by atoms with van der Waals surface area (Å²) in [4.78, 5) is 76.5. The lowest BCUT2D eigenvalue weighted by Gasteiger charge is -2.19. The summed E-state index contributed by atoms with van der Waals surface area (Å²) >= 11 is 5.20. The van der Waals surface area contributed by atoms with Crippen LogP contribution in [0.3, 0.4) is 0 Å². The average molecular weight is 1350 g/mol. The smallest absolute Gasteiger partial charge is 0.244 e. The first kappa shape index (κ1) is 110. The summed E-state index contributed by atoms with van der Waals surface area (Å²) < 4.78 is 56.4. The molecule has 0 spiro atoms. The second kappa shape index (κ2) is 57.2. The quantitative estimate of drug-likeness (QED) is 0.0531. The van der Waals surface area contributed by atoms with Gasteiger partial charge in [-0.3, -0.25) is 33.6 Å². The fraction of sp³-hybridized carbons (Fsp3) is 0.662. The van der Waals surface area contributed by atoms with E-state index >= 15 is 0 Å². The van der Waals surface area contributed by atoms with Gasteiger partial charge in [0, 0.05) is 74.6 Å². The first-order chi connectivity index (χ1) is 40.2. The highest BCUT2D eigenvalue weighted by Crippen LogP contribution is 2.16. The molecule has 0 atom stereocenters. The van der Waals surface area contributed by atoms with Crippen LogP contribution in [0, 0.1) is 63.6 Å². The molecule has 0 fully saturated rings. The van der Waals surface area contributed by atoms with Gasteiger partial charge in [-0.1, -0.05) is 141 Å². The number of allylic oxidation sites excluding steroid dienone is 4. The van der Waals surface area contributed by atoms with E-state index in [1.54, 1.807) is 80.5 Å². The summed E-state index contributed by atoms with van der Waals surface area (Å²) in [5, 5.41) is 15.1. The van der Waals surface area contributed by atoms with E-state index in [4.69, 9.17) is 23.3 Å². The Hall–Kier alpha value is -5.44. The molecule has 20 heteroatoms. The number of rotatable bonds is 17. The zero-order valence-corrected chi connectivity index (χ0v) is 65.3. The van der Waals surface area contributed by atoms with E-state index in [2.05, 4.69) is 74.9 Å². The molecule has 0 bridgehead atoms. The van der Waals surface area contributed by atoms with Gasteiger partial charge in [0.15, 0.2) is 27.2 Å². The number of sulfonamides is 1. The second-order valence-corrected chi connectivity index (χ2v) is 32.6. The Kier molecular flexibility index (Phi) is 69.2. The van der Waals surface area contributed by atoms with Crippen LogP contribution in [0.2, 0.25) is 0 Å². The molecule has 0 unspecified atom stereocenters. The van der Waals surface area contributed by atoms with Crippen LogP contribution in [-0.2, 0) is 53.4 Å². The monoisotopic (exact) mass is 1350 g/mol. The maximum atomic E-state index is 11.3. The SMILES string of the molecule is C#CC(C)(C)C.C=CC(=O)C(C)C.C=CC(=O)NC(C)(C)C.C=CC(C)(C)C.C=CS(=O)(=O)C(C)C.C=CS(=O)(=O)NC(C)(C)C.CC(C)=CC(=O)C(C)(C)C.CC(C)C(=O)CC#N.CC(C)C(=O)CCl.CC(C)C(=O)CF.CN(C)C/C=C/C(=O)NC(C)(C)C. The van der Waals surface area contributed by atoms with Gasteiger partial charge in [-0.05, 0) is 149 Å². The Balaban J connectivity index is -0.0000000866. The Morgan fingerprint density at radius 3 is 1.07 bits per heavy atom. The van der Waals surface area contributed by atoms with Crippen LogP contribution in [0.25, 0.3) is 0 Å². The summed E-state index contributed by atoms with van der Waals surface area (Å²) in [5.41, 5.74) is 0.495. The maximum absolute atomic E-state index is 11.3. The molecule has 0 aliphatic heterocycles. The number of sulfone groups is 1. The van der Waals surface area contributed by atoms with Gasteiger partial charge >= 0.3 is 0 Å². The van der Waals surface area contributed by atoms with Crippen LogP contribution < -0.4 is 15.4 Å². The number of Topliss-reactive ketones (excluding diaryl/α,β-unsaturated/α-hetero) is 3. The van der Waals surface area contributed by atoms with Crippen molar-refractivity contribution in [1.82, 2.24) is 20.3 Å². The highest BCUT2D eigenvalue weighted by molar-refractivity contribution is 7.94. The minimum atomic E-state index is -3.26. The van der Waals surface area contributed by atoms with Crippen LogP contribution in [0.1, 0.15) is 214 Å². The number of amides is 2. The van der Waals surface area contributed by atoms with Crippen molar-refractivity contribution in [2.45, 2.75) is 236 Å². The van der Waals surface area contributed by atoms with Gasteiger partial charge in [0.05, 0.1) is 23.6 Å². The first-order valence-electron chi connectivity index (χ1n) is 29.9. The molecule has 16 nitrogen and oxygen atoms in total. The van der Waals surface area contributed by atoms with Gasteiger partial charge in [0.1, 0.15) is 18.2 Å². The van der Waals surface area contributed by atoms with Gasteiger partial charge in [-0.15, -0.1) is 30.5 Å². The number of halogens is 2. The topological polar surface area (TPSA) is 251 Å². The van der Waals surface area contributed by atoms with Crippen LogP contribution in [0.4, 0.5) is 4.39 Å². The van der Waals surface area contributed by atoms with E-state index in [-0.39, 0.29) is 104 Å². The first-order valence-corrected chi connectivity index (χ1v) is 33.6. The highest BCUT2D eigenvalue weighted by Gasteiger charge is 2.19. The molecule has 91 heavy (non-hydrogen) atoms. The largest absolute Gasteiger partial charge is 0.348 e. The normalized spacial score (nSPS) is 10.9. The lowest BCUT2D eigenvalue weighted by Crippen LogP contribution is -2.39. The third-order valence-corrected chi connectivity index (χ3v) is 12.3. The number of likely N-dealkylation sites (N-methyl/N-ethyl adjacent to an activating group) is 1. The van der Waals surface area contributed by atoms with Gasteiger partial charge in [-0.2, -0.15) is 5.26 Å². The van der Waals surface area contributed by atoms with Crippen LogP contribution in [-0.4, -0.2) is 118 Å². The molecule has 3 N–H and O–H groups in total. The number of alkyl halides is 2. The summed E-state index contributed by atoms with van der Waals surface area (Å²) in [6, 6.07) is 1.80. The number of hydrogen-bond donors (Lipinski definition) is 3. The molecule has 0 aliphatic carbocycles. The third-order valence-electron chi connectivity index (χ3n) is 8.90. The summed E-state index contributed by atoms with van der Waals surface area (Å²) in [5.74, 6) is 2.79. The molecular formula is C71H131ClFN5O11S2. The predicted molar refractivity (Wildman–Crippen MR) is 388 cm³/mol. The Bertz CT molecular complexity index is 2460. The molecule has 0 saturated heterocycles. The molecule has 0 saturated carbocycles. The lowest BCUT2D eigenvalue weighted by atomic mass is 9.90. The molecule has 0 heterocycles. The molecule has 2 amide bonds. The molecule has 0 aliphatic rings. The number of nitriles is 1. The van der Waals surface area contributed by atoms with Gasteiger partial charge in [0.2, 0.25) is 21.8 Å². The van der Waals surface area contributed by atoms with Crippen molar-refractivity contribution >= 4 is 72.2 Å². The van der Waals surface area contributed by atoms with Crippen molar-refractivity contribution in [1.29, 1.82) is 5.26 Å². The number of hydrogen-bond acceptors (Lipinski definition) is 13. The van der Waals surface area contributed by atoms with Crippen molar-refractivity contribution in [3.05, 3.63) is 85.7 Å². The van der Waals surface area contributed by atoms with E-state index < -0.39 is 32.1 Å². The minimum Gasteiger partial charge on any atom is -0.348 e. The van der Waals surface area contributed by atoms with Crippen molar-refractivity contribution in [2.75, 3.05) is 33.2 Å². The molecule has 0 aromatic carbocycles. The minimum absolute atomic E-state index is 0.00894. The Morgan fingerprint density at radius 2 is 0.967 bits per heavy atom. The molecule has 0 aromatic heterocycles. The van der Waals surface area contributed by atoms with Crippen molar-refractivity contribution in [3.8, 4) is 18.4 Å². The van der Waals surface area contributed by atoms with Crippen molar-refractivity contribution < 1.29 is 54.8 Å². The van der Waals surface area contributed by atoms with Crippen LogP contribution in [0.15, 0.2) is 85.7 Å².